The van der Waals surface area contributed by atoms with Crippen molar-refractivity contribution in [2.45, 2.75) is 6.17 Å². The van der Waals surface area contributed by atoms with Crippen LogP contribution in [0.3, 0.4) is 0 Å². The third kappa shape index (κ3) is 1.93. The van der Waals surface area contributed by atoms with Crippen LogP contribution in [0.15, 0.2) is 30.3 Å². The van der Waals surface area contributed by atoms with Crippen molar-refractivity contribution < 1.29 is 19.3 Å². The van der Waals surface area contributed by atoms with E-state index in [0.29, 0.717) is 0 Å². The molecule has 1 aromatic carbocycles. The van der Waals surface area contributed by atoms with Gasteiger partial charge in [-0.1, -0.05) is 35.5 Å². The lowest BCUT2D eigenvalue weighted by Crippen LogP contribution is -2.37. The van der Waals surface area contributed by atoms with Gasteiger partial charge in [-0.2, -0.15) is 5.06 Å². The van der Waals surface area contributed by atoms with Crippen molar-refractivity contribution in [3.05, 3.63) is 35.9 Å². The number of hydroxylamine groups is 4. The van der Waals surface area contributed by atoms with Crippen molar-refractivity contribution in [3.8, 4) is 0 Å². The van der Waals surface area contributed by atoms with Gasteiger partial charge in [0.1, 0.15) is 0 Å². The van der Waals surface area contributed by atoms with E-state index < -0.39 is 12.2 Å². The summed E-state index contributed by atoms with van der Waals surface area (Å²) in [6.07, 6.45) is -0.534. The van der Waals surface area contributed by atoms with Crippen molar-refractivity contribution in [1.82, 2.24) is 15.4 Å². The van der Waals surface area contributed by atoms with E-state index in [0.717, 1.165) is 10.7 Å². The fourth-order valence-electron chi connectivity index (χ4n) is 1.86. The highest BCUT2D eigenvalue weighted by Gasteiger charge is 2.47. The van der Waals surface area contributed by atoms with Gasteiger partial charge >= 0.3 is 6.03 Å². The van der Waals surface area contributed by atoms with E-state index in [2.05, 4.69) is 0 Å². The van der Waals surface area contributed by atoms with Gasteiger partial charge in [0, 0.05) is 0 Å². The summed E-state index contributed by atoms with van der Waals surface area (Å²) in [6, 6.07) is 8.91. The predicted molar refractivity (Wildman–Crippen MR) is 61.1 cm³/mol. The van der Waals surface area contributed by atoms with E-state index in [1.165, 1.54) is 31.6 Å². The molecule has 2 rings (SSSR count). The largest absolute Gasteiger partial charge is 0.387 e. The Hall–Kier alpha value is -1.67. The molecule has 1 saturated heterocycles. The molecule has 0 bridgehead atoms. The van der Waals surface area contributed by atoms with Crippen LogP contribution >= 0.6 is 0 Å². The van der Waals surface area contributed by atoms with E-state index in [4.69, 9.17) is 14.5 Å². The van der Waals surface area contributed by atoms with E-state index in [1.54, 1.807) is 0 Å². The summed E-state index contributed by atoms with van der Waals surface area (Å²) in [5.74, 6) is 0. The molecule has 1 heterocycles. The Bertz CT molecular complexity index is 414. The minimum absolute atomic E-state index is 0.462. The molecule has 0 N–H and O–H groups in total. The van der Waals surface area contributed by atoms with Gasteiger partial charge in [0.25, 0.3) is 0 Å². The Morgan fingerprint density at radius 1 is 1.00 bits per heavy atom. The number of benzene rings is 1. The summed E-state index contributed by atoms with van der Waals surface area (Å²) in [5.41, 5.74) is 0.842. The van der Waals surface area contributed by atoms with Gasteiger partial charge in [0.15, 0.2) is 6.17 Å². The third-order valence-electron chi connectivity index (χ3n) is 2.62. The molecule has 1 unspecified atom stereocenters. The average Bonchev–Trinajstić information content (AvgIpc) is 2.70. The topological polar surface area (TPSA) is 54.5 Å². The summed E-state index contributed by atoms with van der Waals surface area (Å²) in [4.78, 5) is 27.2. The molecule has 1 atom stereocenters. The molecule has 1 aliphatic rings. The smallest absolute Gasteiger partial charge is 0.278 e. The zero-order valence-corrected chi connectivity index (χ0v) is 10.4. The Balaban J connectivity index is 2.39. The Labute approximate surface area is 105 Å². The molecule has 18 heavy (non-hydrogen) atoms. The zero-order valence-electron chi connectivity index (χ0n) is 10.4. The van der Waals surface area contributed by atoms with Crippen LogP contribution in [0.5, 0.6) is 0 Å². The molecule has 1 aromatic rings. The first-order valence-corrected chi connectivity index (χ1v) is 5.34. The zero-order chi connectivity index (χ0) is 13.1. The Morgan fingerprint density at radius 2 is 1.67 bits per heavy atom. The number of carbonyl (C=O) groups is 1. The fraction of sp³-hybridized carbons (Fsp3) is 0.364. The maximum absolute atomic E-state index is 12.0. The maximum Gasteiger partial charge on any atom is 0.387 e. The Kier molecular flexibility index (Phi) is 3.78. The Morgan fingerprint density at radius 3 is 2.17 bits per heavy atom. The average molecular weight is 253 g/mol. The van der Waals surface area contributed by atoms with Gasteiger partial charge in [0.2, 0.25) is 0 Å². The van der Waals surface area contributed by atoms with Crippen LogP contribution in [-0.2, 0) is 14.5 Å². The number of nitrogens with zero attached hydrogens (tertiary/aromatic N) is 3. The number of amides is 2. The summed E-state index contributed by atoms with van der Waals surface area (Å²) >= 11 is 0. The minimum atomic E-state index is -0.534. The van der Waals surface area contributed by atoms with Gasteiger partial charge < -0.3 is 0 Å². The lowest BCUT2D eigenvalue weighted by molar-refractivity contribution is -0.367. The second kappa shape index (κ2) is 5.32. The summed E-state index contributed by atoms with van der Waals surface area (Å²) in [7, 11) is 4.25. The number of carbonyl (C=O) groups excluding carboxylic acids is 1. The van der Waals surface area contributed by atoms with Crippen LogP contribution in [0.1, 0.15) is 11.7 Å². The van der Waals surface area contributed by atoms with Crippen LogP contribution in [-0.4, -0.2) is 42.8 Å². The molecule has 0 aromatic heterocycles. The quantitative estimate of drug-likeness (QED) is 0.810. The highest BCUT2D eigenvalue weighted by atomic mass is 16.9. The monoisotopic (exact) mass is 253 g/mol. The van der Waals surface area contributed by atoms with Gasteiger partial charge in [0.05, 0.1) is 21.3 Å². The van der Waals surface area contributed by atoms with E-state index >= 15 is 0 Å². The third-order valence-corrected chi connectivity index (χ3v) is 2.62. The number of hydrazine groups is 1. The van der Waals surface area contributed by atoms with Crippen molar-refractivity contribution in [2.75, 3.05) is 21.3 Å². The summed E-state index contributed by atoms with van der Waals surface area (Å²) in [5, 5.41) is 3.45. The first kappa shape index (κ1) is 12.8. The summed E-state index contributed by atoms with van der Waals surface area (Å²) in [6.45, 7) is 0. The standard InChI is InChI=1S/C11H15N3O4/c1-16-12-10(9-7-5-4-6-8-9)13(17-2)14(18-3)11(12)15/h4-8,10H,1-3H3. The molecule has 1 aliphatic heterocycles. The van der Waals surface area contributed by atoms with Crippen LogP contribution < -0.4 is 0 Å². The van der Waals surface area contributed by atoms with Crippen LogP contribution in [0.25, 0.3) is 0 Å². The normalized spacial score (nSPS) is 20.8. The molecule has 98 valence electrons. The van der Waals surface area contributed by atoms with Crippen LogP contribution in [0.4, 0.5) is 4.79 Å². The van der Waals surface area contributed by atoms with Gasteiger partial charge in [-0.25, -0.2) is 4.79 Å². The SMILES string of the molecule is CON1C(=O)N(OC)N(OC)C1c1ccccc1. The number of hydrogen-bond donors (Lipinski definition) is 0. The molecule has 7 nitrogen and oxygen atoms in total. The molecule has 0 saturated carbocycles. The molecule has 7 heteroatoms. The second-order valence-corrected chi connectivity index (χ2v) is 3.52. The molecule has 0 radical (unpaired) electrons. The lowest BCUT2D eigenvalue weighted by atomic mass is 10.2. The molecular weight excluding hydrogens is 238 g/mol. The van der Waals surface area contributed by atoms with E-state index in [-0.39, 0.29) is 0 Å². The summed E-state index contributed by atoms with van der Waals surface area (Å²) < 4.78 is 0. The van der Waals surface area contributed by atoms with Gasteiger partial charge in [-0.3, -0.25) is 14.5 Å². The first-order chi connectivity index (χ1) is 8.74. The van der Waals surface area contributed by atoms with Crippen molar-refractivity contribution in [3.63, 3.8) is 0 Å². The van der Waals surface area contributed by atoms with Gasteiger partial charge in [-0.05, 0) is 10.7 Å². The van der Waals surface area contributed by atoms with E-state index in [9.17, 15) is 4.79 Å². The van der Waals surface area contributed by atoms with Crippen LogP contribution in [0, 0.1) is 0 Å². The predicted octanol–water partition coefficient (Wildman–Crippen LogP) is 1.32. The molecule has 0 spiro atoms. The fourth-order valence-corrected chi connectivity index (χ4v) is 1.86. The molecule has 2 amide bonds. The highest BCUT2D eigenvalue weighted by Crippen LogP contribution is 2.33. The highest BCUT2D eigenvalue weighted by molar-refractivity contribution is 5.74. The first-order valence-electron chi connectivity index (χ1n) is 5.34. The van der Waals surface area contributed by atoms with Crippen molar-refractivity contribution in [1.29, 1.82) is 0 Å². The minimum Gasteiger partial charge on any atom is -0.278 e. The molecular formula is C11H15N3O4. The second-order valence-electron chi connectivity index (χ2n) is 3.52. The lowest BCUT2D eigenvalue weighted by Gasteiger charge is -2.26. The van der Waals surface area contributed by atoms with E-state index in [1.807, 2.05) is 30.3 Å². The molecule has 1 fully saturated rings. The number of urea groups is 1. The van der Waals surface area contributed by atoms with Gasteiger partial charge in [-0.15, -0.1) is 0 Å². The van der Waals surface area contributed by atoms with Crippen LogP contribution in [0.2, 0.25) is 0 Å². The number of hydrogen-bond acceptors (Lipinski definition) is 5. The molecule has 0 aliphatic carbocycles. The van der Waals surface area contributed by atoms with Crippen molar-refractivity contribution in [2.24, 2.45) is 0 Å². The number of rotatable bonds is 4. The maximum atomic E-state index is 12.0. The van der Waals surface area contributed by atoms with Crippen molar-refractivity contribution >= 4 is 6.03 Å².